The first-order valence-corrected chi connectivity index (χ1v) is 4.71. The Morgan fingerprint density at radius 3 is 2.71 bits per heavy atom. The summed E-state index contributed by atoms with van der Waals surface area (Å²) < 4.78 is 18.4. The number of hydrogen-bond acceptors (Lipinski definition) is 2. The van der Waals surface area contributed by atoms with Crippen LogP contribution in [0.5, 0.6) is 0 Å². The van der Waals surface area contributed by atoms with Crippen LogP contribution in [0.2, 0.25) is 0 Å². The van der Waals surface area contributed by atoms with Gasteiger partial charge in [-0.05, 0) is 23.6 Å². The van der Waals surface area contributed by atoms with Gasteiger partial charge in [0, 0.05) is 6.61 Å². The summed E-state index contributed by atoms with van der Waals surface area (Å²) in [7, 11) is 0. The largest absolute Gasteiger partial charge is 0.396 e. The molecule has 0 bridgehead atoms. The van der Waals surface area contributed by atoms with Crippen LogP contribution in [-0.4, -0.2) is 6.61 Å². The molecule has 2 N–H and O–H groups in total. The maximum Gasteiger partial charge on any atom is 0.146 e. The Balaban J connectivity index is 2.47. The SMILES string of the molecule is CC(C)COCc1ccc(N)c(F)c1. The van der Waals surface area contributed by atoms with Crippen molar-refractivity contribution in [2.24, 2.45) is 5.92 Å². The number of nitrogens with two attached hydrogens (primary N) is 1. The molecule has 0 aromatic heterocycles. The molecule has 2 nitrogen and oxygen atoms in total. The van der Waals surface area contributed by atoms with Crippen LogP contribution in [0.15, 0.2) is 18.2 Å². The maximum absolute atomic E-state index is 13.0. The fourth-order valence-electron chi connectivity index (χ4n) is 1.07. The van der Waals surface area contributed by atoms with Crippen molar-refractivity contribution in [3.8, 4) is 0 Å². The lowest BCUT2D eigenvalue weighted by molar-refractivity contribution is 0.0969. The lowest BCUT2D eigenvalue weighted by atomic mass is 10.2. The molecule has 0 saturated heterocycles. The molecule has 0 aliphatic rings. The molecule has 1 rings (SSSR count). The summed E-state index contributed by atoms with van der Waals surface area (Å²) in [4.78, 5) is 0. The molecule has 14 heavy (non-hydrogen) atoms. The van der Waals surface area contributed by atoms with E-state index in [0.29, 0.717) is 19.1 Å². The molecule has 0 atom stereocenters. The van der Waals surface area contributed by atoms with E-state index >= 15 is 0 Å². The number of anilines is 1. The maximum atomic E-state index is 13.0. The van der Waals surface area contributed by atoms with Gasteiger partial charge in [-0.1, -0.05) is 19.9 Å². The van der Waals surface area contributed by atoms with Gasteiger partial charge in [-0.3, -0.25) is 0 Å². The van der Waals surface area contributed by atoms with E-state index in [9.17, 15) is 4.39 Å². The van der Waals surface area contributed by atoms with Crippen LogP contribution in [0.25, 0.3) is 0 Å². The highest BCUT2D eigenvalue weighted by atomic mass is 19.1. The van der Waals surface area contributed by atoms with Gasteiger partial charge in [0.15, 0.2) is 0 Å². The van der Waals surface area contributed by atoms with Crippen molar-refractivity contribution < 1.29 is 9.13 Å². The van der Waals surface area contributed by atoms with E-state index in [1.807, 2.05) is 0 Å². The van der Waals surface area contributed by atoms with E-state index in [2.05, 4.69) is 13.8 Å². The lowest BCUT2D eigenvalue weighted by Crippen LogP contribution is -2.02. The van der Waals surface area contributed by atoms with E-state index in [1.165, 1.54) is 6.07 Å². The van der Waals surface area contributed by atoms with Crippen molar-refractivity contribution in [3.63, 3.8) is 0 Å². The quantitative estimate of drug-likeness (QED) is 0.753. The van der Waals surface area contributed by atoms with Crippen molar-refractivity contribution in [1.29, 1.82) is 0 Å². The van der Waals surface area contributed by atoms with E-state index in [-0.39, 0.29) is 11.5 Å². The van der Waals surface area contributed by atoms with Crippen molar-refractivity contribution in [1.82, 2.24) is 0 Å². The smallest absolute Gasteiger partial charge is 0.146 e. The molecule has 0 aliphatic carbocycles. The Bertz CT molecular complexity index is 299. The van der Waals surface area contributed by atoms with Crippen LogP contribution in [0.3, 0.4) is 0 Å². The topological polar surface area (TPSA) is 35.2 Å². The third-order valence-corrected chi connectivity index (χ3v) is 1.78. The van der Waals surface area contributed by atoms with Gasteiger partial charge in [0.05, 0.1) is 12.3 Å². The Morgan fingerprint density at radius 2 is 2.14 bits per heavy atom. The Hall–Kier alpha value is -1.09. The van der Waals surface area contributed by atoms with Crippen LogP contribution < -0.4 is 5.73 Å². The Labute approximate surface area is 83.9 Å². The molecule has 0 aliphatic heterocycles. The summed E-state index contributed by atoms with van der Waals surface area (Å²) in [5.74, 6) is 0.115. The first-order valence-electron chi connectivity index (χ1n) is 4.71. The number of ether oxygens (including phenoxy) is 1. The molecular weight excluding hydrogens is 181 g/mol. The van der Waals surface area contributed by atoms with Gasteiger partial charge >= 0.3 is 0 Å². The van der Waals surface area contributed by atoms with Gasteiger partial charge in [-0.2, -0.15) is 0 Å². The van der Waals surface area contributed by atoms with Crippen LogP contribution >= 0.6 is 0 Å². The fourth-order valence-corrected chi connectivity index (χ4v) is 1.07. The van der Waals surface area contributed by atoms with Gasteiger partial charge < -0.3 is 10.5 Å². The first kappa shape index (κ1) is 11.0. The first-order chi connectivity index (χ1) is 6.59. The molecular formula is C11H16FNO. The second-order valence-electron chi connectivity index (χ2n) is 3.76. The highest BCUT2D eigenvalue weighted by molar-refractivity contribution is 5.41. The van der Waals surface area contributed by atoms with E-state index < -0.39 is 0 Å². The normalized spacial score (nSPS) is 10.9. The summed E-state index contributed by atoms with van der Waals surface area (Å²) in [6, 6.07) is 4.75. The van der Waals surface area contributed by atoms with Crippen molar-refractivity contribution in [2.45, 2.75) is 20.5 Å². The standard InChI is InChI=1S/C11H16FNO/c1-8(2)6-14-7-9-3-4-11(13)10(12)5-9/h3-5,8H,6-7,13H2,1-2H3. The minimum Gasteiger partial charge on any atom is -0.396 e. The minimum atomic E-state index is -0.379. The predicted molar refractivity (Wildman–Crippen MR) is 55.3 cm³/mol. The van der Waals surface area contributed by atoms with Gasteiger partial charge in [-0.15, -0.1) is 0 Å². The number of nitrogen functional groups attached to an aromatic ring is 1. The summed E-state index contributed by atoms with van der Waals surface area (Å²) in [5, 5.41) is 0. The van der Waals surface area contributed by atoms with Gasteiger partial charge in [0.2, 0.25) is 0 Å². The zero-order valence-corrected chi connectivity index (χ0v) is 8.59. The average molecular weight is 197 g/mol. The molecule has 78 valence electrons. The monoisotopic (exact) mass is 197 g/mol. The number of benzene rings is 1. The molecule has 1 aromatic rings. The summed E-state index contributed by atoms with van der Waals surface area (Å²) in [6.45, 7) is 5.27. The molecule has 0 heterocycles. The zero-order valence-electron chi connectivity index (χ0n) is 8.59. The third kappa shape index (κ3) is 3.34. The van der Waals surface area contributed by atoms with Crippen LogP contribution in [-0.2, 0) is 11.3 Å². The molecule has 3 heteroatoms. The summed E-state index contributed by atoms with van der Waals surface area (Å²) in [6.07, 6.45) is 0. The molecule has 0 amide bonds. The van der Waals surface area contributed by atoms with Crippen molar-refractivity contribution in [3.05, 3.63) is 29.6 Å². The average Bonchev–Trinajstić information content (AvgIpc) is 2.10. The van der Waals surface area contributed by atoms with Crippen molar-refractivity contribution >= 4 is 5.69 Å². The second kappa shape index (κ2) is 4.96. The summed E-state index contributed by atoms with van der Waals surface area (Å²) in [5.41, 5.74) is 6.35. The number of rotatable bonds is 4. The number of halogens is 1. The van der Waals surface area contributed by atoms with E-state index in [1.54, 1.807) is 12.1 Å². The number of hydrogen-bond donors (Lipinski definition) is 1. The van der Waals surface area contributed by atoms with E-state index in [4.69, 9.17) is 10.5 Å². The lowest BCUT2D eigenvalue weighted by Gasteiger charge is -2.07. The Morgan fingerprint density at radius 1 is 1.43 bits per heavy atom. The van der Waals surface area contributed by atoms with Crippen LogP contribution in [0, 0.1) is 11.7 Å². The highest BCUT2D eigenvalue weighted by Gasteiger charge is 2.00. The van der Waals surface area contributed by atoms with E-state index in [0.717, 1.165) is 5.56 Å². The molecule has 0 fully saturated rings. The molecule has 0 saturated carbocycles. The van der Waals surface area contributed by atoms with Gasteiger partial charge in [0.25, 0.3) is 0 Å². The van der Waals surface area contributed by atoms with Crippen molar-refractivity contribution in [2.75, 3.05) is 12.3 Å². The van der Waals surface area contributed by atoms with Gasteiger partial charge in [-0.25, -0.2) is 4.39 Å². The fraction of sp³-hybridized carbons (Fsp3) is 0.455. The highest BCUT2D eigenvalue weighted by Crippen LogP contribution is 2.12. The molecule has 0 spiro atoms. The predicted octanol–water partition coefficient (Wildman–Crippen LogP) is 2.58. The second-order valence-corrected chi connectivity index (χ2v) is 3.76. The third-order valence-electron chi connectivity index (χ3n) is 1.78. The van der Waals surface area contributed by atoms with Crippen LogP contribution in [0.4, 0.5) is 10.1 Å². The zero-order chi connectivity index (χ0) is 10.6. The molecule has 0 unspecified atom stereocenters. The van der Waals surface area contributed by atoms with Gasteiger partial charge in [0.1, 0.15) is 5.82 Å². The Kier molecular flexibility index (Phi) is 3.89. The molecule has 1 aromatic carbocycles. The minimum absolute atomic E-state index is 0.178. The summed E-state index contributed by atoms with van der Waals surface area (Å²) >= 11 is 0. The molecule has 0 radical (unpaired) electrons. The van der Waals surface area contributed by atoms with Crippen LogP contribution in [0.1, 0.15) is 19.4 Å².